The summed E-state index contributed by atoms with van der Waals surface area (Å²) in [5.41, 5.74) is 0. The van der Waals surface area contributed by atoms with Gasteiger partial charge in [0.05, 0.1) is 13.2 Å². The van der Waals surface area contributed by atoms with Gasteiger partial charge < -0.3 is 15.4 Å². The molecule has 5 nitrogen and oxygen atoms in total. The molecule has 1 aromatic rings. The molecule has 2 heterocycles. The van der Waals surface area contributed by atoms with Gasteiger partial charge in [0.15, 0.2) is 0 Å². The Bertz CT molecular complexity index is 285. The van der Waals surface area contributed by atoms with Gasteiger partial charge in [-0.2, -0.15) is 0 Å². The molecule has 0 spiro atoms. The molecule has 6 heteroatoms. The lowest BCUT2D eigenvalue weighted by atomic mass is 10.3. The molecule has 1 aromatic heterocycles. The third kappa shape index (κ3) is 2.63. The van der Waals surface area contributed by atoms with E-state index in [0.29, 0.717) is 6.04 Å². The van der Waals surface area contributed by atoms with Crippen LogP contribution in [-0.4, -0.2) is 42.5 Å². The Morgan fingerprint density at radius 2 is 2.57 bits per heavy atom. The molecule has 1 unspecified atom stereocenters. The van der Waals surface area contributed by atoms with Gasteiger partial charge in [0.25, 0.3) is 0 Å². The van der Waals surface area contributed by atoms with Crippen LogP contribution in [0.5, 0.6) is 0 Å². The molecule has 0 aromatic carbocycles. The molecule has 1 atom stereocenters. The van der Waals surface area contributed by atoms with Crippen molar-refractivity contribution in [3.63, 3.8) is 0 Å². The van der Waals surface area contributed by atoms with Crippen molar-refractivity contribution in [1.29, 1.82) is 0 Å². The van der Waals surface area contributed by atoms with Crippen molar-refractivity contribution in [3.05, 3.63) is 5.01 Å². The summed E-state index contributed by atoms with van der Waals surface area (Å²) in [4.78, 5) is 0. The fourth-order valence-electron chi connectivity index (χ4n) is 1.33. The first-order valence-electron chi connectivity index (χ1n) is 4.70. The van der Waals surface area contributed by atoms with Crippen LogP contribution in [0.1, 0.15) is 5.01 Å². The second-order valence-corrected chi connectivity index (χ2v) is 4.41. The first kappa shape index (κ1) is 9.82. The highest BCUT2D eigenvalue weighted by Crippen LogP contribution is 2.13. The second kappa shape index (κ2) is 4.68. The fraction of sp³-hybridized carbons (Fsp3) is 0.750. The van der Waals surface area contributed by atoms with Gasteiger partial charge in [-0.3, -0.25) is 0 Å². The number of anilines is 1. The Morgan fingerprint density at radius 1 is 1.64 bits per heavy atom. The molecule has 1 fully saturated rings. The van der Waals surface area contributed by atoms with Gasteiger partial charge in [-0.05, 0) is 6.92 Å². The summed E-state index contributed by atoms with van der Waals surface area (Å²) >= 11 is 1.57. The van der Waals surface area contributed by atoms with Crippen LogP contribution in [-0.2, 0) is 4.74 Å². The molecule has 0 saturated carbocycles. The smallest absolute Gasteiger partial charge is 0.205 e. The van der Waals surface area contributed by atoms with Crippen LogP contribution in [0.4, 0.5) is 5.13 Å². The predicted molar refractivity (Wildman–Crippen MR) is 55.7 cm³/mol. The number of aryl methyl sites for hydroxylation is 1. The maximum Gasteiger partial charge on any atom is 0.205 e. The van der Waals surface area contributed by atoms with Crippen molar-refractivity contribution in [2.75, 3.05) is 31.6 Å². The lowest BCUT2D eigenvalue weighted by molar-refractivity contribution is 0.0806. The molecule has 1 aliphatic heterocycles. The zero-order valence-electron chi connectivity index (χ0n) is 8.12. The third-order valence-electron chi connectivity index (χ3n) is 2.02. The van der Waals surface area contributed by atoms with Crippen molar-refractivity contribution in [2.45, 2.75) is 13.0 Å². The Labute approximate surface area is 86.9 Å². The molecule has 0 aliphatic carbocycles. The number of morpholine rings is 1. The number of rotatable bonds is 3. The van der Waals surface area contributed by atoms with E-state index < -0.39 is 0 Å². The summed E-state index contributed by atoms with van der Waals surface area (Å²) < 4.78 is 5.34. The van der Waals surface area contributed by atoms with E-state index in [1.54, 1.807) is 11.3 Å². The molecular weight excluding hydrogens is 200 g/mol. The lowest BCUT2D eigenvalue weighted by Crippen LogP contribution is -2.45. The van der Waals surface area contributed by atoms with Crippen LogP contribution in [0.15, 0.2) is 0 Å². The van der Waals surface area contributed by atoms with Gasteiger partial charge in [-0.1, -0.05) is 11.3 Å². The van der Waals surface area contributed by atoms with Crippen LogP contribution in [0.3, 0.4) is 0 Å². The summed E-state index contributed by atoms with van der Waals surface area (Å²) in [6.45, 7) is 5.31. The van der Waals surface area contributed by atoms with Crippen LogP contribution in [0.25, 0.3) is 0 Å². The molecule has 0 amide bonds. The number of nitrogens with one attached hydrogen (secondary N) is 2. The summed E-state index contributed by atoms with van der Waals surface area (Å²) in [6.07, 6.45) is 0. The average molecular weight is 214 g/mol. The zero-order chi connectivity index (χ0) is 9.80. The monoisotopic (exact) mass is 214 g/mol. The Balaban J connectivity index is 1.76. The van der Waals surface area contributed by atoms with Crippen molar-refractivity contribution in [3.8, 4) is 0 Å². The predicted octanol–water partition coefficient (Wildman–Crippen LogP) is 0.247. The first-order chi connectivity index (χ1) is 6.84. The Hall–Kier alpha value is -0.720. The van der Waals surface area contributed by atoms with Crippen molar-refractivity contribution in [1.82, 2.24) is 15.5 Å². The summed E-state index contributed by atoms with van der Waals surface area (Å²) in [6, 6.07) is 0.382. The van der Waals surface area contributed by atoms with E-state index in [0.717, 1.165) is 36.4 Å². The topological polar surface area (TPSA) is 59.1 Å². The van der Waals surface area contributed by atoms with E-state index >= 15 is 0 Å². The highest BCUT2D eigenvalue weighted by molar-refractivity contribution is 7.15. The molecule has 78 valence electrons. The molecule has 0 radical (unpaired) electrons. The quantitative estimate of drug-likeness (QED) is 0.755. The number of hydrogen-bond acceptors (Lipinski definition) is 6. The molecule has 14 heavy (non-hydrogen) atoms. The molecule has 1 aliphatic rings. The Morgan fingerprint density at radius 3 is 3.21 bits per heavy atom. The largest absolute Gasteiger partial charge is 0.378 e. The van der Waals surface area contributed by atoms with Crippen molar-refractivity contribution in [2.24, 2.45) is 0 Å². The van der Waals surface area contributed by atoms with E-state index in [4.69, 9.17) is 4.74 Å². The SMILES string of the molecule is Cc1nnc(NCC2COCCN2)s1. The molecule has 0 bridgehead atoms. The minimum Gasteiger partial charge on any atom is -0.378 e. The number of nitrogens with zero attached hydrogens (tertiary/aromatic N) is 2. The minimum atomic E-state index is 0.382. The molecule has 1 saturated heterocycles. The van der Waals surface area contributed by atoms with Crippen LogP contribution in [0.2, 0.25) is 0 Å². The van der Waals surface area contributed by atoms with Gasteiger partial charge in [0.1, 0.15) is 5.01 Å². The third-order valence-corrected chi connectivity index (χ3v) is 2.82. The van der Waals surface area contributed by atoms with Crippen molar-refractivity contribution < 1.29 is 4.74 Å². The van der Waals surface area contributed by atoms with Crippen LogP contribution >= 0.6 is 11.3 Å². The molecule has 2 rings (SSSR count). The maximum absolute atomic E-state index is 5.34. The highest BCUT2D eigenvalue weighted by atomic mass is 32.1. The maximum atomic E-state index is 5.34. The van der Waals surface area contributed by atoms with E-state index in [1.807, 2.05) is 6.92 Å². The zero-order valence-corrected chi connectivity index (χ0v) is 8.93. The van der Waals surface area contributed by atoms with E-state index in [-0.39, 0.29) is 0 Å². The lowest BCUT2D eigenvalue weighted by Gasteiger charge is -2.23. The number of ether oxygens (including phenoxy) is 1. The molecule has 2 N–H and O–H groups in total. The molecular formula is C8H14N4OS. The number of aromatic nitrogens is 2. The van der Waals surface area contributed by atoms with Gasteiger partial charge in [-0.15, -0.1) is 10.2 Å². The van der Waals surface area contributed by atoms with Crippen LogP contribution < -0.4 is 10.6 Å². The van der Waals surface area contributed by atoms with Gasteiger partial charge in [-0.25, -0.2) is 0 Å². The normalized spacial score (nSPS) is 22.2. The van der Waals surface area contributed by atoms with Gasteiger partial charge >= 0.3 is 0 Å². The Kier molecular flexibility index (Phi) is 3.28. The van der Waals surface area contributed by atoms with E-state index in [2.05, 4.69) is 20.8 Å². The van der Waals surface area contributed by atoms with Crippen LogP contribution in [0, 0.1) is 6.92 Å². The number of hydrogen-bond donors (Lipinski definition) is 2. The summed E-state index contributed by atoms with van der Waals surface area (Å²) in [5.74, 6) is 0. The second-order valence-electron chi connectivity index (χ2n) is 3.23. The summed E-state index contributed by atoms with van der Waals surface area (Å²) in [5, 5.41) is 16.4. The van der Waals surface area contributed by atoms with Gasteiger partial charge in [0, 0.05) is 19.1 Å². The standard InChI is InChI=1S/C8H14N4OS/c1-6-11-12-8(14-6)10-4-7-5-13-3-2-9-7/h7,9H,2-5H2,1H3,(H,10,12). The fourth-order valence-corrected chi connectivity index (χ4v) is 1.93. The summed E-state index contributed by atoms with van der Waals surface area (Å²) in [7, 11) is 0. The minimum absolute atomic E-state index is 0.382. The van der Waals surface area contributed by atoms with E-state index in [1.165, 1.54) is 0 Å². The van der Waals surface area contributed by atoms with Crippen molar-refractivity contribution >= 4 is 16.5 Å². The average Bonchev–Trinajstić information content (AvgIpc) is 2.63. The highest BCUT2D eigenvalue weighted by Gasteiger charge is 2.12. The first-order valence-corrected chi connectivity index (χ1v) is 5.51. The van der Waals surface area contributed by atoms with E-state index in [9.17, 15) is 0 Å². The van der Waals surface area contributed by atoms with Gasteiger partial charge in [0.2, 0.25) is 5.13 Å².